The van der Waals surface area contributed by atoms with Gasteiger partial charge in [0.25, 0.3) is 5.91 Å². The Kier molecular flexibility index (Phi) is 5.76. The van der Waals surface area contributed by atoms with Crippen molar-refractivity contribution >= 4 is 5.91 Å². The molecule has 0 aliphatic rings. The number of nitrogens with zero attached hydrogens (tertiary/aromatic N) is 2. The fraction of sp³-hybridized carbons (Fsp3) is 0.263. The Balaban J connectivity index is 2.29. The van der Waals surface area contributed by atoms with E-state index in [9.17, 15) is 4.79 Å². The van der Waals surface area contributed by atoms with Crippen molar-refractivity contribution in [3.63, 3.8) is 0 Å². The molecule has 0 aromatic heterocycles. The molecule has 4 nitrogen and oxygen atoms in total. The summed E-state index contributed by atoms with van der Waals surface area (Å²) in [6.07, 6.45) is -0.691. The Morgan fingerprint density at radius 1 is 1.09 bits per heavy atom. The van der Waals surface area contributed by atoms with E-state index < -0.39 is 6.10 Å². The van der Waals surface area contributed by atoms with Gasteiger partial charge in [0, 0.05) is 18.7 Å². The number of carbonyl (C=O) groups is 1. The molecule has 2 aromatic carbocycles. The van der Waals surface area contributed by atoms with E-state index in [0.29, 0.717) is 24.4 Å². The van der Waals surface area contributed by atoms with Crippen molar-refractivity contribution in [3.8, 4) is 11.8 Å². The van der Waals surface area contributed by atoms with E-state index in [0.717, 1.165) is 5.56 Å². The molecule has 0 saturated carbocycles. The first-order valence-electron chi connectivity index (χ1n) is 7.70. The minimum absolute atomic E-state index is 0.0643. The molecule has 4 heteroatoms. The molecule has 0 fully saturated rings. The first-order chi connectivity index (χ1) is 11.2. The third kappa shape index (κ3) is 4.10. The Bertz CT molecular complexity index is 671. The van der Waals surface area contributed by atoms with Crippen LogP contribution in [-0.4, -0.2) is 23.9 Å². The third-order valence-electron chi connectivity index (χ3n) is 3.64. The van der Waals surface area contributed by atoms with Crippen LogP contribution in [0.25, 0.3) is 0 Å². The van der Waals surface area contributed by atoms with E-state index in [1.165, 1.54) is 0 Å². The molecule has 118 valence electrons. The predicted molar refractivity (Wildman–Crippen MR) is 88.9 cm³/mol. The molecule has 0 unspecified atom stereocenters. The fourth-order valence-electron chi connectivity index (χ4n) is 2.33. The smallest absolute Gasteiger partial charge is 0.268 e. The molecule has 0 saturated heterocycles. The highest BCUT2D eigenvalue weighted by atomic mass is 16.5. The highest BCUT2D eigenvalue weighted by Crippen LogP contribution is 2.24. The average Bonchev–Trinajstić information content (AvgIpc) is 2.62. The van der Waals surface area contributed by atoms with Gasteiger partial charge in [0.15, 0.2) is 0 Å². The van der Waals surface area contributed by atoms with Gasteiger partial charge < -0.3 is 9.64 Å². The number of nitriles is 1. The second-order valence-corrected chi connectivity index (χ2v) is 5.06. The second-order valence-electron chi connectivity index (χ2n) is 5.06. The fourth-order valence-corrected chi connectivity index (χ4v) is 2.33. The highest BCUT2D eigenvalue weighted by molar-refractivity contribution is 5.82. The summed E-state index contributed by atoms with van der Waals surface area (Å²) in [5.74, 6) is 0.504. The van der Waals surface area contributed by atoms with Gasteiger partial charge in [-0.1, -0.05) is 30.3 Å². The molecule has 0 bridgehead atoms. The molecule has 23 heavy (non-hydrogen) atoms. The maximum Gasteiger partial charge on any atom is 0.268 e. The average molecular weight is 308 g/mol. The van der Waals surface area contributed by atoms with E-state index in [4.69, 9.17) is 10.00 Å². The van der Waals surface area contributed by atoms with Crippen molar-refractivity contribution in [2.24, 2.45) is 0 Å². The minimum Gasteiger partial charge on any atom is -0.476 e. The summed E-state index contributed by atoms with van der Waals surface area (Å²) >= 11 is 0. The largest absolute Gasteiger partial charge is 0.476 e. The summed E-state index contributed by atoms with van der Waals surface area (Å²) in [6, 6.07) is 18.3. The molecule has 2 aromatic rings. The number of hydrogen-bond acceptors (Lipinski definition) is 3. The SMILES string of the molecule is CCN(CC)C(=O)[C@@H](Oc1ccc(C#N)cc1)c1ccccc1. The topological polar surface area (TPSA) is 53.3 Å². The van der Waals surface area contributed by atoms with Crippen LogP contribution in [0.2, 0.25) is 0 Å². The molecule has 0 radical (unpaired) electrons. The minimum atomic E-state index is -0.691. The summed E-state index contributed by atoms with van der Waals surface area (Å²) in [7, 11) is 0. The molecule has 0 spiro atoms. The summed E-state index contributed by atoms with van der Waals surface area (Å²) in [5.41, 5.74) is 1.37. The lowest BCUT2D eigenvalue weighted by molar-refractivity contribution is -0.138. The van der Waals surface area contributed by atoms with Crippen LogP contribution >= 0.6 is 0 Å². The van der Waals surface area contributed by atoms with Gasteiger partial charge in [-0.25, -0.2) is 0 Å². The van der Waals surface area contributed by atoms with Gasteiger partial charge in [-0.15, -0.1) is 0 Å². The Labute approximate surface area is 136 Å². The van der Waals surface area contributed by atoms with E-state index in [1.54, 1.807) is 29.2 Å². The molecule has 0 heterocycles. The number of benzene rings is 2. The van der Waals surface area contributed by atoms with Gasteiger partial charge in [-0.2, -0.15) is 5.26 Å². The lowest BCUT2D eigenvalue weighted by Gasteiger charge is -2.26. The van der Waals surface area contributed by atoms with Gasteiger partial charge >= 0.3 is 0 Å². The zero-order valence-electron chi connectivity index (χ0n) is 13.4. The van der Waals surface area contributed by atoms with Crippen LogP contribution in [0.5, 0.6) is 5.75 Å². The number of hydrogen-bond donors (Lipinski definition) is 0. The van der Waals surface area contributed by atoms with Gasteiger partial charge in [0.2, 0.25) is 6.10 Å². The molecule has 1 amide bonds. The maximum absolute atomic E-state index is 12.8. The van der Waals surface area contributed by atoms with Gasteiger partial charge in [0.1, 0.15) is 5.75 Å². The van der Waals surface area contributed by atoms with E-state index in [1.807, 2.05) is 44.2 Å². The Hall–Kier alpha value is -2.80. The summed E-state index contributed by atoms with van der Waals surface area (Å²) < 4.78 is 5.95. The van der Waals surface area contributed by atoms with Crippen LogP contribution in [0, 0.1) is 11.3 Å². The number of carbonyl (C=O) groups excluding carboxylic acids is 1. The lowest BCUT2D eigenvalue weighted by Crippen LogP contribution is -2.37. The standard InChI is InChI=1S/C19H20N2O2/c1-3-21(4-2)19(22)18(16-8-6-5-7-9-16)23-17-12-10-15(14-20)11-13-17/h5-13,18H,3-4H2,1-2H3/t18-/m0/s1. The van der Waals surface area contributed by atoms with Gasteiger partial charge in [-0.3, -0.25) is 4.79 Å². The quantitative estimate of drug-likeness (QED) is 0.820. The monoisotopic (exact) mass is 308 g/mol. The normalized spacial score (nSPS) is 11.3. The molecular formula is C19H20N2O2. The number of amides is 1. The van der Waals surface area contributed by atoms with Crippen LogP contribution in [0.4, 0.5) is 0 Å². The van der Waals surface area contributed by atoms with Crippen molar-refractivity contribution in [2.45, 2.75) is 20.0 Å². The second kappa shape index (κ2) is 8.00. The van der Waals surface area contributed by atoms with E-state index >= 15 is 0 Å². The van der Waals surface area contributed by atoms with Crippen molar-refractivity contribution in [1.29, 1.82) is 5.26 Å². The maximum atomic E-state index is 12.8. The van der Waals surface area contributed by atoms with Crippen molar-refractivity contribution in [1.82, 2.24) is 4.90 Å². The van der Waals surface area contributed by atoms with Gasteiger partial charge in [0.05, 0.1) is 11.6 Å². The van der Waals surface area contributed by atoms with Crippen molar-refractivity contribution < 1.29 is 9.53 Å². The summed E-state index contributed by atoms with van der Waals surface area (Å²) in [4.78, 5) is 14.5. The van der Waals surface area contributed by atoms with Crippen molar-refractivity contribution in [2.75, 3.05) is 13.1 Å². The summed E-state index contributed by atoms with van der Waals surface area (Å²) in [5, 5.41) is 8.86. The van der Waals surface area contributed by atoms with Crippen molar-refractivity contribution in [3.05, 3.63) is 65.7 Å². The highest BCUT2D eigenvalue weighted by Gasteiger charge is 2.26. The third-order valence-corrected chi connectivity index (χ3v) is 3.64. The van der Waals surface area contributed by atoms with Crippen LogP contribution in [-0.2, 0) is 4.79 Å². The molecule has 0 N–H and O–H groups in total. The van der Waals surface area contributed by atoms with Crippen LogP contribution in [0.3, 0.4) is 0 Å². The van der Waals surface area contributed by atoms with Crippen LogP contribution in [0.15, 0.2) is 54.6 Å². The first kappa shape index (κ1) is 16.6. The molecule has 0 aliphatic carbocycles. The number of ether oxygens (including phenoxy) is 1. The van der Waals surface area contributed by atoms with E-state index in [-0.39, 0.29) is 5.91 Å². The lowest BCUT2D eigenvalue weighted by atomic mass is 10.1. The van der Waals surface area contributed by atoms with E-state index in [2.05, 4.69) is 6.07 Å². The zero-order valence-corrected chi connectivity index (χ0v) is 13.4. The first-order valence-corrected chi connectivity index (χ1v) is 7.70. The molecule has 2 rings (SSSR count). The molecule has 0 aliphatic heterocycles. The Morgan fingerprint density at radius 2 is 1.70 bits per heavy atom. The van der Waals surface area contributed by atoms with Gasteiger partial charge in [-0.05, 0) is 38.1 Å². The number of likely N-dealkylation sites (N-methyl/N-ethyl adjacent to an activating group) is 1. The predicted octanol–water partition coefficient (Wildman–Crippen LogP) is 3.55. The molecular weight excluding hydrogens is 288 g/mol. The Morgan fingerprint density at radius 3 is 2.22 bits per heavy atom. The van der Waals surface area contributed by atoms with Crippen LogP contribution < -0.4 is 4.74 Å². The van der Waals surface area contributed by atoms with Crippen LogP contribution in [0.1, 0.15) is 31.1 Å². The zero-order chi connectivity index (χ0) is 16.7. The summed E-state index contributed by atoms with van der Waals surface area (Å²) in [6.45, 7) is 5.17. The number of rotatable bonds is 6. The molecule has 1 atom stereocenters.